The van der Waals surface area contributed by atoms with Crippen molar-refractivity contribution in [1.82, 2.24) is 19.4 Å². The molecule has 0 unspecified atom stereocenters. The zero-order valence-electron chi connectivity index (χ0n) is 15.3. The molecular formula is C19H24N4O4. The van der Waals surface area contributed by atoms with Crippen LogP contribution in [0, 0.1) is 0 Å². The first kappa shape index (κ1) is 17.9. The Balaban J connectivity index is 1.41. The number of aryl methyl sites for hydroxylation is 1. The number of rotatable bonds is 5. The van der Waals surface area contributed by atoms with Gasteiger partial charge in [-0.25, -0.2) is 4.98 Å². The van der Waals surface area contributed by atoms with Crippen LogP contribution in [0.15, 0.2) is 23.0 Å². The monoisotopic (exact) mass is 372 g/mol. The van der Waals surface area contributed by atoms with Crippen LogP contribution >= 0.6 is 0 Å². The lowest BCUT2D eigenvalue weighted by Gasteiger charge is -2.34. The molecule has 144 valence electrons. The molecule has 1 N–H and O–H groups in total. The van der Waals surface area contributed by atoms with Crippen LogP contribution in [0.4, 0.5) is 0 Å². The lowest BCUT2D eigenvalue weighted by Crippen LogP contribution is -2.50. The molecule has 4 rings (SSSR count). The Hall–Kier alpha value is -2.45. The highest BCUT2D eigenvalue weighted by Crippen LogP contribution is 2.20. The van der Waals surface area contributed by atoms with Gasteiger partial charge in [-0.15, -0.1) is 0 Å². The smallest absolute Gasteiger partial charge is 0.261 e. The van der Waals surface area contributed by atoms with Crippen molar-refractivity contribution < 1.29 is 14.6 Å². The topological polar surface area (TPSA) is 87.9 Å². The first-order chi connectivity index (χ1) is 13.2. The number of hydrogen-bond acceptors (Lipinski definition) is 6. The fraction of sp³-hybridized carbons (Fsp3) is 0.526. The van der Waals surface area contributed by atoms with Crippen molar-refractivity contribution >= 4 is 16.8 Å². The molecule has 1 saturated heterocycles. The van der Waals surface area contributed by atoms with Crippen LogP contribution in [0.3, 0.4) is 0 Å². The van der Waals surface area contributed by atoms with Crippen molar-refractivity contribution in [1.29, 1.82) is 0 Å². The molecule has 1 aromatic heterocycles. The van der Waals surface area contributed by atoms with Crippen molar-refractivity contribution in [2.75, 3.05) is 45.9 Å². The maximum absolute atomic E-state index is 12.6. The molecule has 2 aliphatic rings. The van der Waals surface area contributed by atoms with Crippen molar-refractivity contribution in [2.24, 2.45) is 0 Å². The Morgan fingerprint density at radius 2 is 2.00 bits per heavy atom. The number of aliphatic hydroxyl groups excluding tert-OH is 1. The van der Waals surface area contributed by atoms with Crippen molar-refractivity contribution in [3.8, 4) is 5.75 Å². The van der Waals surface area contributed by atoms with E-state index in [1.807, 2.05) is 0 Å². The normalized spacial score (nSPS) is 17.3. The summed E-state index contributed by atoms with van der Waals surface area (Å²) in [5.74, 6) is 1.28. The Morgan fingerprint density at radius 1 is 1.19 bits per heavy atom. The van der Waals surface area contributed by atoms with Gasteiger partial charge in [-0.3, -0.25) is 19.1 Å². The minimum absolute atomic E-state index is 0.0377. The standard InChI is InChI=1S/C19H24N4O4/c24-11-10-21-6-8-22(9-7-21)18(25)13-27-14-3-4-16-15(12-14)19(26)23-5-1-2-17(23)20-16/h3-4,12,24H,1-2,5-11,13H2. The second-order valence-electron chi connectivity index (χ2n) is 7.00. The van der Waals surface area contributed by atoms with Crippen molar-refractivity contribution in [3.63, 3.8) is 0 Å². The second-order valence-corrected chi connectivity index (χ2v) is 7.00. The van der Waals surface area contributed by atoms with Gasteiger partial charge in [0.25, 0.3) is 11.5 Å². The van der Waals surface area contributed by atoms with E-state index in [-0.39, 0.29) is 24.7 Å². The highest BCUT2D eigenvalue weighted by atomic mass is 16.5. The summed E-state index contributed by atoms with van der Waals surface area (Å²) in [5.41, 5.74) is 0.635. The van der Waals surface area contributed by atoms with Gasteiger partial charge in [0, 0.05) is 45.7 Å². The summed E-state index contributed by atoms with van der Waals surface area (Å²) in [5, 5.41) is 9.51. The minimum Gasteiger partial charge on any atom is -0.484 e. The summed E-state index contributed by atoms with van der Waals surface area (Å²) in [6.45, 7) is 4.23. The van der Waals surface area contributed by atoms with Crippen molar-refractivity contribution in [3.05, 3.63) is 34.4 Å². The third-order valence-corrected chi connectivity index (χ3v) is 5.29. The van der Waals surface area contributed by atoms with Gasteiger partial charge in [-0.05, 0) is 24.6 Å². The minimum atomic E-state index is -0.0671. The van der Waals surface area contributed by atoms with Crippen LogP contribution in [0.1, 0.15) is 12.2 Å². The molecule has 2 aromatic rings. The van der Waals surface area contributed by atoms with E-state index >= 15 is 0 Å². The lowest BCUT2D eigenvalue weighted by molar-refractivity contribution is -0.135. The van der Waals surface area contributed by atoms with Gasteiger partial charge >= 0.3 is 0 Å². The van der Waals surface area contributed by atoms with Gasteiger partial charge in [-0.1, -0.05) is 0 Å². The largest absolute Gasteiger partial charge is 0.484 e. The first-order valence-electron chi connectivity index (χ1n) is 9.43. The molecule has 8 heteroatoms. The van der Waals surface area contributed by atoms with Crippen LogP contribution in [-0.2, 0) is 17.8 Å². The summed E-state index contributed by atoms with van der Waals surface area (Å²) in [6, 6.07) is 5.22. The number of piperazine rings is 1. The number of ether oxygens (including phenoxy) is 1. The predicted molar refractivity (Wildman–Crippen MR) is 99.9 cm³/mol. The number of aliphatic hydroxyl groups is 1. The van der Waals surface area contributed by atoms with Crippen LogP contribution in [0.2, 0.25) is 0 Å². The molecule has 0 radical (unpaired) electrons. The zero-order valence-corrected chi connectivity index (χ0v) is 15.3. The van der Waals surface area contributed by atoms with Gasteiger partial charge in [0.15, 0.2) is 6.61 Å². The van der Waals surface area contributed by atoms with Crippen molar-refractivity contribution in [2.45, 2.75) is 19.4 Å². The number of carbonyl (C=O) groups excluding carboxylic acids is 1. The SMILES string of the molecule is O=C(COc1ccc2nc3n(c(=O)c2c1)CCC3)N1CCN(CCO)CC1. The second kappa shape index (κ2) is 7.66. The molecular weight excluding hydrogens is 348 g/mol. The molecule has 1 aromatic carbocycles. The molecule has 27 heavy (non-hydrogen) atoms. The highest BCUT2D eigenvalue weighted by molar-refractivity contribution is 5.80. The third kappa shape index (κ3) is 3.68. The number of β-amino-alcohol motifs (C(OH)–C–C–N with tert-alkyl or cyclic N) is 1. The fourth-order valence-corrected chi connectivity index (χ4v) is 3.75. The van der Waals surface area contributed by atoms with E-state index in [2.05, 4.69) is 9.88 Å². The maximum atomic E-state index is 12.6. The summed E-state index contributed by atoms with van der Waals surface area (Å²) in [7, 11) is 0. The molecule has 3 heterocycles. The Bertz CT molecular complexity index is 902. The van der Waals surface area contributed by atoms with Gasteiger partial charge in [0.2, 0.25) is 0 Å². The molecule has 0 spiro atoms. The van der Waals surface area contributed by atoms with E-state index < -0.39 is 0 Å². The number of benzene rings is 1. The predicted octanol–water partition coefficient (Wildman–Crippen LogP) is -0.142. The fourth-order valence-electron chi connectivity index (χ4n) is 3.75. The van der Waals surface area contributed by atoms with E-state index in [4.69, 9.17) is 9.84 Å². The Labute approximate surface area is 157 Å². The molecule has 1 amide bonds. The molecule has 0 saturated carbocycles. The quantitative estimate of drug-likeness (QED) is 0.786. The molecule has 0 aliphatic carbocycles. The summed E-state index contributed by atoms with van der Waals surface area (Å²) in [6.07, 6.45) is 1.78. The van der Waals surface area contributed by atoms with Crippen LogP contribution in [-0.4, -0.2) is 76.3 Å². The van der Waals surface area contributed by atoms with Crippen LogP contribution in [0.5, 0.6) is 5.75 Å². The summed E-state index contributed by atoms with van der Waals surface area (Å²) < 4.78 is 7.38. The van der Waals surface area contributed by atoms with E-state index in [9.17, 15) is 9.59 Å². The van der Waals surface area contributed by atoms with Crippen LogP contribution in [0.25, 0.3) is 10.9 Å². The third-order valence-electron chi connectivity index (χ3n) is 5.29. The highest BCUT2D eigenvalue weighted by Gasteiger charge is 2.21. The summed E-state index contributed by atoms with van der Waals surface area (Å²) >= 11 is 0. The van der Waals surface area contributed by atoms with E-state index in [1.165, 1.54) is 0 Å². The average molecular weight is 372 g/mol. The van der Waals surface area contributed by atoms with Gasteiger partial charge in [-0.2, -0.15) is 0 Å². The van der Waals surface area contributed by atoms with Gasteiger partial charge in [0.05, 0.1) is 17.5 Å². The Kier molecular flexibility index (Phi) is 5.09. The van der Waals surface area contributed by atoms with Crippen LogP contribution < -0.4 is 10.3 Å². The number of amides is 1. The molecule has 0 bridgehead atoms. The lowest BCUT2D eigenvalue weighted by atomic mass is 10.2. The maximum Gasteiger partial charge on any atom is 0.261 e. The number of fused-ring (bicyclic) bond motifs is 2. The molecule has 2 aliphatic heterocycles. The zero-order chi connectivity index (χ0) is 18.8. The van der Waals surface area contributed by atoms with Gasteiger partial charge < -0.3 is 14.7 Å². The van der Waals surface area contributed by atoms with E-state index in [1.54, 1.807) is 27.7 Å². The number of nitrogens with zero attached hydrogens (tertiary/aromatic N) is 4. The average Bonchev–Trinajstić information content (AvgIpc) is 3.16. The molecule has 8 nitrogen and oxygen atoms in total. The number of aromatic nitrogens is 2. The molecule has 0 atom stereocenters. The molecule has 1 fully saturated rings. The number of hydrogen-bond donors (Lipinski definition) is 1. The summed E-state index contributed by atoms with van der Waals surface area (Å²) in [4.78, 5) is 33.5. The Morgan fingerprint density at radius 3 is 2.78 bits per heavy atom. The first-order valence-corrected chi connectivity index (χ1v) is 9.43. The van der Waals surface area contributed by atoms with E-state index in [0.717, 1.165) is 31.8 Å². The number of carbonyl (C=O) groups is 1. The van der Waals surface area contributed by atoms with Gasteiger partial charge in [0.1, 0.15) is 11.6 Å². The van der Waals surface area contributed by atoms with E-state index in [0.29, 0.717) is 42.8 Å².